The Labute approximate surface area is 600 Å². The van der Waals surface area contributed by atoms with Crippen LogP contribution in [0.5, 0.6) is 11.5 Å². The molecule has 0 amide bonds. The van der Waals surface area contributed by atoms with Crippen LogP contribution in [0.2, 0.25) is 0 Å². The van der Waals surface area contributed by atoms with Gasteiger partial charge in [-0.2, -0.15) is 13.2 Å². The van der Waals surface area contributed by atoms with Crippen molar-refractivity contribution >= 4 is 88.0 Å². The Morgan fingerprint density at radius 3 is 1.61 bits per heavy atom. The van der Waals surface area contributed by atoms with Crippen molar-refractivity contribution in [3.05, 3.63) is 362 Å². The molecule has 4 heterocycles. The molecule has 0 radical (unpaired) electrons. The van der Waals surface area contributed by atoms with Crippen molar-refractivity contribution in [1.29, 1.82) is 5.26 Å². The Balaban J connectivity index is 0.828. The summed E-state index contributed by atoms with van der Waals surface area (Å²) < 4.78 is 76.2. The van der Waals surface area contributed by atoms with Crippen LogP contribution in [-0.2, 0) is 21.3 Å². The molecule has 1 aromatic heterocycles. The lowest BCUT2D eigenvalue weighted by Crippen LogP contribution is -2.74. The molecule has 11 aromatic rings. The number of aryl methyl sites for hydroxylation is 1. The lowest BCUT2D eigenvalue weighted by Gasteiger charge is -2.48. The fourth-order valence-electron chi connectivity index (χ4n) is 15.2. The van der Waals surface area contributed by atoms with Crippen molar-refractivity contribution in [1.82, 2.24) is 0 Å². The molecule has 3 unspecified atom stereocenters. The van der Waals surface area contributed by atoms with Crippen molar-refractivity contribution in [2.24, 2.45) is 0 Å². The van der Waals surface area contributed by atoms with Gasteiger partial charge in [0.25, 0.3) is 14.0 Å². The van der Waals surface area contributed by atoms with E-state index in [2.05, 4.69) is 212 Å². The number of nitriles is 1. The van der Waals surface area contributed by atoms with Crippen LogP contribution >= 0.6 is 11.3 Å². The molecule has 0 spiro atoms. The first-order chi connectivity index (χ1) is 49.6. The molecular formula is C88H71F3N4O4SSi2. The normalized spacial score (nSPS) is 17.7. The summed E-state index contributed by atoms with van der Waals surface area (Å²) in [5.41, 5.74) is 0.666. The van der Waals surface area contributed by atoms with Crippen LogP contribution in [0, 0.1) is 31.4 Å². The van der Waals surface area contributed by atoms with Crippen molar-refractivity contribution in [2.75, 3.05) is 18.1 Å². The van der Waals surface area contributed by atoms with E-state index in [9.17, 15) is 5.26 Å². The maximum absolute atomic E-state index is 16.3. The van der Waals surface area contributed by atoms with Crippen LogP contribution in [0.1, 0.15) is 70.7 Å². The standard InChI is InChI=1S/C88H71F3N4O4SSi2/c1-61-54-78-76(62(2)56-86(3,4)95(78)58-63-42-49-72(50-43-63)101(69-30-16-8-17-31-69,70-32-18-9-19-33-70)71-34-20-10-21-35-71)55-66(61)46-52-81-85-84(96-59-68(98-85)60-97-102(73-36-22-11-23-37-73,74-38-24-12-25-39-74)75-40-26-13-27-41-75)80(100-81)53-51-79-83(94-6)82(77(57-92)93-5)87(99-79,88(89,90)91)67-47-44-65(45-48-67)64-28-14-7-15-29-64/h7-55,62,68H,56,58-60H2,1-4H3/b52-46+,53-51+,82-77+. The SMILES string of the molecule is [C-]#[N+]C1=C(/C=C/c2sc(/C=C/c3cc4c(cc3C)N(Cc3ccc([Si](c5ccccc5)(c5ccccc5)c5ccccc5)cc3)C(C)(C)CC4C)c3c2OCC(CO[Si](c2ccccc2)(c2ccccc2)c2ccccc2)O3)OC(c2ccc(-c3ccccc3)cc2)(C(F)(F)F)/C1=C(\C#N)[N+]#[C-]. The molecule has 14 heteroatoms. The summed E-state index contributed by atoms with van der Waals surface area (Å²) in [7, 11) is -5.96. The number of hydrogen-bond donors (Lipinski definition) is 0. The van der Waals surface area contributed by atoms with Gasteiger partial charge in [0.1, 0.15) is 12.4 Å². The van der Waals surface area contributed by atoms with Crippen molar-refractivity contribution in [3.63, 3.8) is 0 Å². The summed E-state index contributed by atoms with van der Waals surface area (Å²) in [5.74, 6) is 0.495. The zero-order valence-corrected chi connectivity index (χ0v) is 59.6. The first-order valence-corrected chi connectivity index (χ1v) is 38.7. The predicted octanol–water partition coefficient (Wildman–Crippen LogP) is 16.7. The fourth-order valence-corrected chi connectivity index (χ4v) is 24.8. The van der Waals surface area contributed by atoms with E-state index >= 15 is 13.2 Å². The zero-order chi connectivity index (χ0) is 70.6. The smallest absolute Gasteiger partial charge is 0.434 e. The molecule has 3 atom stereocenters. The average molecular weight is 1390 g/mol. The minimum atomic E-state index is -5.26. The minimum absolute atomic E-state index is 0.0546. The molecule has 3 aliphatic rings. The molecule has 0 aliphatic carbocycles. The van der Waals surface area contributed by atoms with E-state index < -0.39 is 62.6 Å². The molecule has 102 heavy (non-hydrogen) atoms. The van der Waals surface area contributed by atoms with Crippen LogP contribution in [-0.4, -0.2) is 47.4 Å². The first-order valence-electron chi connectivity index (χ1n) is 34.0. The van der Waals surface area contributed by atoms with E-state index in [1.807, 2.05) is 91.0 Å². The second-order valence-electron chi connectivity index (χ2n) is 26.6. The number of allylic oxidation sites excluding steroid dienone is 2. The van der Waals surface area contributed by atoms with Crippen molar-refractivity contribution in [3.8, 4) is 28.7 Å². The van der Waals surface area contributed by atoms with Gasteiger partial charge < -0.3 is 23.5 Å². The Hall–Kier alpha value is -11.3. The molecule has 14 rings (SSSR count). The first kappa shape index (κ1) is 67.9. The third-order valence-electron chi connectivity index (χ3n) is 20.0. The molecule has 10 aromatic carbocycles. The summed E-state index contributed by atoms with van der Waals surface area (Å²) in [6.07, 6.45) is 1.95. The topological polar surface area (TPSA) is 72.7 Å². The molecule has 8 nitrogen and oxygen atoms in total. The van der Waals surface area contributed by atoms with Gasteiger partial charge in [-0.3, -0.25) is 0 Å². The zero-order valence-electron chi connectivity index (χ0n) is 56.7. The predicted molar refractivity (Wildman–Crippen MR) is 410 cm³/mol. The van der Waals surface area contributed by atoms with Crippen LogP contribution in [0.3, 0.4) is 0 Å². The molecule has 0 bridgehead atoms. The monoisotopic (exact) mass is 1390 g/mol. The average Bonchev–Trinajstić information content (AvgIpc) is 1.48. The van der Waals surface area contributed by atoms with Gasteiger partial charge in [-0.25, -0.2) is 15.0 Å². The second kappa shape index (κ2) is 28.4. The summed E-state index contributed by atoms with van der Waals surface area (Å²) in [6, 6.07) is 94.2. The Morgan fingerprint density at radius 2 is 1.11 bits per heavy atom. The molecule has 0 saturated heterocycles. The van der Waals surface area contributed by atoms with E-state index in [0.29, 0.717) is 33.4 Å². The van der Waals surface area contributed by atoms with Gasteiger partial charge in [0, 0.05) is 28.9 Å². The Kier molecular flexibility index (Phi) is 18.9. The quantitative estimate of drug-likeness (QED) is 0.0369. The molecule has 0 saturated carbocycles. The number of ether oxygens (including phenoxy) is 3. The summed E-state index contributed by atoms with van der Waals surface area (Å²) in [6.45, 7) is 26.3. The number of fused-ring (bicyclic) bond motifs is 2. The maximum atomic E-state index is 16.3. The van der Waals surface area contributed by atoms with Gasteiger partial charge in [0.05, 0.1) is 35.6 Å². The van der Waals surface area contributed by atoms with Gasteiger partial charge in [0.2, 0.25) is 11.3 Å². The highest BCUT2D eigenvalue weighted by Crippen LogP contribution is 2.58. The van der Waals surface area contributed by atoms with Crippen LogP contribution in [0.25, 0.3) is 39.0 Å². The number of anilines is 1. The second-order valence-corrected chi connectivity index (χ2v) is 34.9. The minimum Gasteiger partial charge on any atom is -0.484 e. The highest BCUT2D eigenvalue weighted by molar-refractivity contribution is 7.20. The Morgan fingerprint density at radius 1 is 0.627 bits per heavy atom. The van der Waals surface area contributed by atoms with Gasteiger partial charge >= 0.3 is 6.18 Å². The summed E-state index contributed by atoms with van der Waals surface area (Å²) in [5, 5.41) is 18.8. The number of benzene rings is 10. The molecule has 502 valence electrons. The Bertz CT molecular complexity index is 4920. The van der Waals surface area contributed by atoms with Crippen LogP contribution < -0.4 is 50.7 Å². The molecule has 0 fully saturated rings. The van der Waals surface area contributed by atoms with Gasteiger partial charge in [0.15, 0.2) is 25.7 Å². The highest BCUT2D eigenvalue weighted by atomic mass is 32.1. The van der Waals surface area contributed by atoms with Crippen molar-refractivity contribution < 1.29 is 31.8 Å². The van der Waals surface area contributed by atoms with Crippen LogP contribution in [0.4, 0.5) is 18.9 Å². The highest BCUT2D eigenvalue weighted by Gasteiger charge is 2.66. The van der Waals surface area contributed by atoms with Gasteiger partial charge in [-0.05, 0) is 133 Å². The largest absolute Gasteiger partial charge is 0.484 e. The lowest BCUT2D eigenvalue weighted by atomic mass is 9.78. The van der Waals surface area contributed by atoms with Crippen LogP contribution in [0.15, 0.2) is 302 Å². The van der Waals surface area contributed by atoms with E-state index in [1.54, 1.807) is 12.1 Å². The fraction of sp³-hybridized carbons (Fsp3) is 0.148. The maximum Gasteiger partial charge on any atom is 0.434 e. The number of halogens is 3. The molecule has 0 N–H and O–H groups in total. The number of rotatable bonds is 18. The summed E-state index contributed by atoms with van der Waals surface area (Å²) >= 11 is 1.30. The van der Waals surface area contributed by atoms with E-state index in [1.165, 1.54) is 79.2 Å². The third-order valence-corrected chi connectivity index (χ3v) is 29.9. The summed E-state index contributed by atoms with van der Waals surface area (Å²) in [4.78, 5) is 10.5. The number of hydrogen-bond acceptors (Lipinski definition) is 7. The lowest BCUT2D eigenvalue weighted by molar-refractivity contribution is -0.249. The third kappa shape index (κ3) is 12.4. The number of nitrogens with zero attached hydrogens (tertiary/aromatic N) is 4. The van der Waals surface area contributed by atoms with E-state index in [-0.39, 0.29) is 24.7 Å². The molecular weight excluding hydrogens is 1320 g/mol. The molecule has 3 aliphatic heterocycles. The van der Waals surface area contributed by atoms with Crippen molar-refractivity contribution in [2.45, 2.75) is 70.0 Å². The van der Waals surface area contributed by atoms with Gasteiger partial charge in [-0.1, -0.05) is 274 Å². The number of thiophene rings is 1. The van der Waals surface area contributed by atoms with Gasteiger partial charge in [-0.15, -0.1) is 11.3 Å². The van der Waals surface area contributed by atoms with E-state index in [0.717, 1.165) is 38.7 Å². The van der Waals surface area contributed by atoms with E-state index in [4.69, 9.17) is 31.8 Å². The number of alkyl halides is 3.